The number of rotatable bonds is 6. The Morgan fingerprint density at radius 3 is 1.69 bits per heavy atom. The van der Waals surface area contributed by atoms with E-state index in [-0.39, 0.29) is 0 Å². The highest BCUT2D eigenvalue weighted by Crippen LogP contribution is 2.56. The van der Waals surface area contributed by atoms with E-state index in [2.05, 4.69) is 63.7 Å². The van der Waals surface area contributed by atoms with E-state index in [1.807, 2.05) is 0 Å². The summed E-state index contributed by atoms with van der Waals surface area (Å²) in [5.74, 6) is 0. The van der Waals surface area contributed by atoms with Gasteiger partial charge in [0.25, 0.3) is 0 Å². The zero-order chi connectivity index (χ0) is 10.5. The molecule has 0 rings (SSSR count). The molecule has 0 saturated heterocycles. The van der Waals surface area contributed by atoms with Crippen molar-refractivity contribution in [3.63, 3.8) is 0 Å². The third-order valence-corrected chi connectivity index (χ3v) is 6.73. The second kappa shape index (κ2) is 7.60. The molecule has 2 atom stereocenters. The lowest BCUT2D eigenvalue weighted by Crippen LogP contribution is -2.07. The highest BCUT2D eigenvalue weighted by atomic mass is 79.9. The molecule has 0 N–H and O–H groups in total. The predicted molar refractivity (Wildman–Crippen MR) is 68.6 cm³/mol. The second-order valence-electron chi connectivity index (χ2n) is 1.77. The summed E-state index contributed by atoms with van der Waals surface area (Å²) < 4.78 is 21.1. The van der Waals surface area contributed by atoms with Gasteiger partial charge in [0.1, 0.15) is 10.0 Å². The summed E-state index contributed by atoms with van der Waals surface area (Å²) in [7, 11) is 0. The van der Waals surface area contributed by atoms with Crippen molar-refractivity contribution in [2.75, 3.05) is 10.7 Å². The molecular weight excluding hydrogens is 482 g/mol. The molecule has 2 unspecified atom stereocenters. The van der Waals surface area contributed by atoms with E-state index >= 15 is 0 Å². The highest BCUT2D eigenvalue weighted by molar-refractivity contribution is 9.12. The van der Waals surface area contributed by atoms with Gasteiger partial charge >= 0.3 is 6.95 Å². The summed E-state index contributed by atoms with van der Waals surface area (Å²) in [5.41, 5.74) is 0. The van der Waals surface area contributed by atoms with Gasteiger partial charge in [0, 0.05) is 21.9 Å². The lowest BCUT2D eigenvalue weighted by Gasteiger charge is -2.16. The Morgan fingerprint density at radius 2 is 1.46 bits per heavy atom. The van der Waals surface area contributed by atoms with Crippen LogP contribution >= 0.6 is 81.9 Å². The quantitative estimate of drug-likeness (QED) is 0.405. The maximum Gasteiger partial charge on any atom is 0.426 e. The monoisotopic (exact) mass is 484 g/mol. The average Bonchev–Trinajstić information content (AvgIpc) is 2.02. The Balaban J connectivity index is 4.00. The fourth-order valence-electron chi connectivity index (χ4n) is 0.354. The van der Waals surface area contributed by atoms with Crippen LogP contribution < -0.4 is 0 Å². The van der Waals surface area contributed by atoms with Crippen LogP contribution in [0.15, 0.2) is 0 Å². The first-order valence-electron chi connectivity index (χ1n) is 2.98. The SMILES string of the molecule is O=P(Cl)(OC(Br)CBr)OC(Br)CBr. The zero-order valence-corrected chi connectivity index (χ0v) is 14.1. The van der Waals surface area contributed by atoms with E-state index in [0.717, 1.165) is 0 Å². The van der Waals surface area contributed by atoms with Crippen molar-refractivity contribution in [2.45, 2.75) is 10.0 Å². The van der Waals surface area contributed by atoms with Gasteiger partial charge in [-0.1, -0.05) is 63.7 Å². The molecular formula is C4H6Br4ClO3P. The van der Waals surface area contributed by atoms with E-state index in [4.69, 9.17) is 20.3 Å². The Hall–Kier alpha value is 2.36. The van der Waals surface area contributed by atoms with Gasteiger partial charge in [-0.2, -0.15) is 0 Å². The van der Waals surface area contributed by atoms with Crippen LogP contribution in [0.4, 0.5) is 0 Å². The van der Waals surface area contributed by atoms with Crippen molar-refractivity contribution >= 4 is 81.9 Å². The summed E-state index contributed by atoms with van der Waals surface area (Å²) in [4.78, 5) is 0. The summed E-state index contributed by atoms with van der Waals surface area (Å²) in [5, 5.41) is 0.0552. The van der Waals surface area contributed by atoms with Crippen molar-refractivity contribution in [1.29, 1.82) is 0 Å². The molecule has 0 radical (unpaired) electrons. The Kier molecular flexibility index (Phi) is 8.98. The molecule has 0 aliphatic heterocycles. The van der Waals surface area contributed by atoms with E-state index in [1.165, 1.54) is 0 Å². The molecule has 0 amide bonds. The smallest absolute Gasteiger partial charge is 0.281 e. The predicted octanol–water partition coefficient (Wildman–Crippen LogP) is 4.60. The molecule has 3 nitrogen and oxygen atoms in total. The number of hydrogen-bond donors (Lipinski definition) is 0. The van der Waals surface area contributed by atoms with E-state index < -0.39 is 17.0 Å². The molecule has 0 heterocycles. The molecule has 0 aromatic heterocycles. The third kappa shape index (κ3) is 8.20. The van der Waals surface area contributed by atoms with Crippen LogP contribution in [0.2, 0.25) is 0 Å². The summed E-state index contributed by atoms with van der Waals surface area (Å²) in [6, 6.07) is 0. The van der Waals surface area contributed by atoms with Crippen molar-refractivity contribution < 1.29 is 13.6 Å². The number of hydrogen-bond acceptors (Lipinski definition) is 3. The van der Waals surface area contributed by atoms with Crippen LogP contribution in [0.1, 0.15) is 0 Å². The molecule has 13 heavy (non-hydrogen) atoms. The Bertz CT molecular complexity index is 178. The van der Waals surface area contributed by atoms with Gasteiger partial charge in [-0.05, 0) is 0 Å². The first kappa shape index (κ1) is 15.4. The fourth-order valence-corrected chi connectivity index (χ4v) is 4.25. The van der Waals surface area contributed by atoms with Crippen molar-refractivity contribution in [2.24, 2.45) is 0 Å². The normalized spacial score (nSPS) is 20.7. The van der Waals surface area contributed by atoms with Crippen LogP contribution in [0.25, 0.3) is 0 Å². The lowest BCUT2D eigenvalue weighted by molar-refractivity contribution is 0.217. The van der Waals surface area contributed by atoms with Crippen LogP contribution in [0, 0.1) is 0 Å². The van der Waals surface area contributed by atoms with Gasteiger partial charge in [-0.25, -0.2) is 4.57 Å². The van der Waals surface area contributed by atoms with Gasteiger partial charge in [0.05, 0.1) is 0 Å². The van der Waals surface area contributed by atoms with Gasteiger partial charge < -0.3 is 0 Å². The maximum absolute atomic E-state index is 11.4. The first-order chi connectivity index (χ1) is 5.91. The molecule has 0 aliphatic carbocycles. The summed E-state index contributed by atoms with van der Waals surface area (Å²) in [6.07, 6.45) is 0. The van der Waals surface area contributed by atoms with E-state index in [0.29, 0.717) is 10.7 Å². The fraction of sp³-hybridized carbons (Fsp3) is 1.00. The van der Waals surface area contributed by atoms with Crippen molar-refractivity contribution in [1.82, 2.24) is 0 Å². The van der Waals surface area contributed by atoms with Gasteiger partial charge in [0.15, 0.2) is 0 Å². The molecule has 0 fully saturated rings. The van der Waals surface area contributed by atoms with Crippen LogP contribution in [-0.2, 0) is 13.6 Å². The Labute approximate surface area is 115 Å². The van der Waals surface area contributed by atoms with Crippen molar-refractivity contribution in [3.8, 4) is 0 Å². The topological polar surface area (TPSA) is 35.5 Å². The standard InChI is InChI=1S/C4H6Br4ClO3P/c5-1-3(7)11-13(9,10)12-4(8)2-6/h3-4H,1-2H2. The molecule has 80 valence electrons. The number of halogens is 5. The maximum atomic E-state index is 11.4. The third-order valence-electron chi connectivity index (χ3n) is 0.723. The Morgan fingerprint density at radius 1 is 1.15 bits per heavy atom. The zero-order valence-electron chi connectivity index (χ0n) is 6.13. The van der Waals surface area contributed by atoms with Gasteiger partial charge in [0.2, 0.25) is 0 Å². The van der Waals surface area contributed by atoms with Crippen LogP contribution in [0.3, 0.4) is 0 Å². The summed E-state index contributed by atoms with van der Waals surface area (Å²) in [6.45, 7) is -3.52. The molecule has 0 bridgehead atoms. The lowest BCUT2D eigenvalue weighted by atomic mass is 10.9. The van der Waals surface area contributed by atoms with Gasteiger partial charge in [-0.3, -0.25) is 9.05 Å². The minimum atomic E-state index is -3.52. The number of alkyl halides is 4. The van der Waals surface area contributed by atoms with Crippen LogP contribution in [-0.4, -0.2) is 20.7 Å². The van der Waals surface area contributed by atoms with Gasteiger partial charge in [-0.15, -0.1) is 0 Å². The second-order valence-corrected chi connectivity index (χ2v) is 7.63. The van der Waals surface area contributed by atoms with E-state index in [9.17, 15) is 4.57 Å². The minimum Gasteiger partial charge on any atom is -0.281 e. The highest BCUT2D eigenvalue weighted by Gasteiger charge is 2.27. The van der Waals surface area contributed by atoms with E-state index in [1.54, 1.807) is 0 Å². The summed E-state index contributed by atoms with van der Waals surface area (Å²) >= 11 is 17.9. The molecule has 0 aromatic carbocycles. The first-order valence-corrected chi connectivity index (χ1v) is 9.50. The molecule has 0 aromatic rings. The molecule has 9 heteroatoms. The van der Waals surface area contributed by atoms with Crippen molar-refractivity contribution in [3.05, 3.63) is 0 Å². The molecule has 0 aliphatic rings. The largest absolute Gasteiger partial charge is 0.426 e. The minimum absolute atomic E-state index is 0.439. The molecule has 0 saturated carbocycles. The van der Waals surface area contributed by atoms with Crippen LogP contribution in [0.5, 0.6) is 0 Å². The average molecular weight is 488 g/mol. The molecule has 0 spiro atoms.